The summed E-state index contributed by atoms with van der Waals surface area (Å²) in [6.07, 6.45) is 2.15. The number of primary amides is 1. The number of benzene rings is 1. The third kappa shape index (κ3) is 2.79. The van der Waals surface area contributed by atoms with Crippen LogP contribution in [0.15, 0.2) is 34.8 Å². The van der Waals surface area contributed by atoms with Crippen LogP contribution in [0.4, 0.5) is 10.6 Å². The predicted molar refractivity (Wildman–Crippen MR) is 84.4 cm³/mol. The number of nitrogens with one attached hydrogen (secondary N) is 2. The van der Waals surface area contributed by atoms with Gasteiger partial charge in [0.25, 0.3) is 0 Å². The van der Waals surface area contributed by atoms with E-state index in [0.717, 1.165) is 35.2 Å². The van der Waals surface area contributed by atoms with Crippen molar-refractivity contribution >= 4 is 27.8 Å². The first kappa shape index (κ1) is 14.1. The number of halogens is 1. The second-order valence-electron chi connectivity index (χ2n) is 4.93. The van der Waals surface area contributed by atoms with Crippen molar-refractivity contribution in [1.82, 2.24) is 15.1 Å². The summed E-state index contributed by atoms with van der Waals surface area (Å²) in [5.74, 6) is 0.553. The number of rotatable bonds is 3. The van der Waals surface area contributed by atoms with Gasteiger partial charge in [-0.25, -0.2) is 9.48 Å². The number of urea groups is 1. The summed E-state index contributed by atoms with van der Waals surface area (Å²) in [6, 6.07) is 9.22. The van der Waals surface area contributed by atoms with Crippen molar-refractivity contribution in [2.75, 3.05) is 11.9 Å². The van der Waals surface area contributed by atoms with E-state index >= 15 is 0 Å². The Morgan fingerprint density at radius 2 is 2.19 bits per heavy atom. The van der Waals surface area contributed by atoms with E-state index in [0.29, 0.717) is 5.82 Å². The lowest BCUT2D eigenvalue weighted by molar-refractivity contribution is 0.259. The maximum atomic E-state index is 11.3. The number of amides is 2. The third-order valence-corrected chi connectivity index (χ3v) is 4.27. The molecule has 1 aliphatic rings. The Morgan fingerprint density at radius 3 is 2.81 bits per heavy atom. The minimum absolute atomic E-state index is 0.192. The summed E-state index contributed by atoms with van der Waals surface area (Å²) >= 11 is 3.54. The molecule has 2 heterocycles. The average Bonchev–Trinajstić information content (AvgIpc) is 3.09. The largest absolute Gasteiger partial charge is 0.351 e. The zero-order chi connectivity index (χ0) is 14.8. The molecule has 0 radical (unpaired) electrons. The summed E-state index contributed by atoms with van der Waals surface area (Å²) in [6.45, 7) is 0.980. The second kappa shape index (κ2) is 5.87. The van der Waals surface area contributed by atoms with Crippen LogP contribution in [0.2, 0.25) is 0 Å². The van der Waals surface area contributed by atoms with Crippen LogP contribution in [-0.2, 0) is 0 Å². The fourth-order valence-corrected chi connectivity index (χ4v) is 3.16. The minimum Gasteiger partial charge on any atom is -0.351 e. The van der Waals surface area contributed by atoms with Gasteiger partial charge in [0.05, 0.1) is 21.9 Å². The molecule has 2 amide bonds. The number of nitrogens with two attached hydrogens (primary N) is 1. The van der Waals surface area contributed by atoms with E-state index in [9.17, 15) is 4.79 Å². The first-order valence-corrected chi connectivity index (χ1v) is 7.60. The normalized spacial score (nSPS) is 17.9. The fraction of sp³-hybridized carbons (Fsp3) is 0.286. The fourth-order valence-electron chi connectivity index (χ4n) is 2.54. The lowest BCUT2D eigenvalue weighted by Crippen LogP contribution is -2.21. The zero-order valence-corrected chi connectivity index (χ0v) is 12.9. The number of nitrogens with zero attached hydrogens (tertiary/aromatic N) is 2. The van der Waals surface area contributed by atoms with Gasteiger partial charge in [0, 0.05) is 0 Å². The van der Waals surface area contributed by atoms with Gasteiger partial charge in [-0.15, -0.1) is 0 Å². The molecule has 0 aliphatic carbocycles. The van der Waals surface area contributed by atoms with E-state index < -0.39 is 6.03 Å². The molecule has 1 fully saturated rings. The molecule has 6 nitrogen and oxygen atoms in total. The van der Waals surface area contributed by atoms with Crippen molar-refractivity contribution < 1.29 is 4.79 Å². The molecule has 1 atom stereocenters. The Hall–Kier alpha value is -1.86. The van der Waals surface area contributed by atoms with Crippen LogP contribution < -0.4 is 16.4 Å². The van der Waals surface area contributed by atoms with E-state index in [-0.39, 0.29) is 6.04 Å². The molecule has 21 heavy (non-hydrogen) atoms. The Kier molecular flexibility index (Phi) is 3.94. The molecule has 1 saturated heterocycles. The lowest BCUT2D eigenvalue weighted by Gasteiger charge is -2.07. The second-order valence-corrected chi connectivity index (χ2v) is 5.73. The topological polar surface area (TPSA) is 85.0 Å². The Morgan fingerprint density at radius 1 is 1.43 bits per heavy atom. The number of anilines is 1. The van der Waals surface area contributed by atoms with E-state index in [1.165, 1.54) is 0 Å². The molecule has 4 N–H and O–H groups in total. The third-order valence-electron chi connectivity index (χ3n) is 3.49. The maximum absolute atomic E-state index is 11.3. The van der Waals surface area contributed by atoms with Crippen LogP contribution in [0.3, 0.4) is 0 Å². The van der Waals surface area contributed by atoms with Crippen molar-refractivity contribution in [2.24, 2.45) is 5.73 Å². The quantitative estimate of drug-likeness (QED) is 0.795. The SMILES string of the molecule is NC(=O)Nc1c(Br)c(C2CCCN2)nn1-c1ccccc1. The summed E-state index contributed by atoms with van der Waals surface area (Å²) in [4.78, 5) is 11.3. The van der Waals surface area contributed by atoms with Crippen LogP contribution in [0.1, 0.15) is 24.6 Å². The van der Waals surface area contributed by atoms with Crippen LogP contribution in [-0.4, -0.2) is 22.4 Å². The van der Waals surface area contributed by atoms with Gasteiger partial charge in [0.2, 0.25) is 0 Å². The molecule has 1 unspecified atom stereocenters. The van der Waals surface area contributed by atoms with E-state index in [1.54, 1.807) is 4.68 Å². The maximum Gasteiger partial charge on any atom is 0.317 e. The number of aromatic nitrogens is 2. The highest BCUT2D eigenvalue weighted by atomic mass is 79.9. The van der Waals surface area contributed by atoms with Crippen molar-refractivity contribution in [3.63, 3.8) is 0 Å². The van der Waals surface area contributed by atoms with Gasteiger partial charge < -0.3 is 11.1 Å². The minimum atomic E-state index is -0.612. The standard InChI is InChI=1S/C14H16BrN5O/c15-11-12(10-7-4-8-17-10)19-20(13(11)18-14(16)21)9-5-2-1-3-6-9/h1-3,5-6,10,17H,4,7-8H2,(H3,16,18,21). The van der Waals surface area contributed by atoms with E-state index in [1.807, 2.05) is 30.3 Å². The van der Waals surface area contributed by atoms with Gasteiger partial charge in [-0.1, -0.05) is 18.2 Å². The van der Waals surface area contributed by atoms with Crippen molar-refractivity contribution in [3.05, 3.63) is 40.5 Å². The van der Waals surface area contributed by atoms with Gasteiger partial charge in [-0.3, -0.25) is 5.32 Å². The predicted octanol–water partition coefficient (Wildman–Crippen LogP) is 2.55. The molecular weight excluding hydrogens is 334 g/mol. The molecule has 1 aliphatic heterocycles. The van der Waals surface area contributed by atoms with Crippen LogP contribution in [0.5, 0.6) is 0 Å². The van der Waals surface area contributed by atoms with Crippen molar-refractivity contribution in [2.45, 2.75) is 18.9 Å². The first-order valence-electron chi connectivity index (χ1n) is 6.80. The summed E-state index contributed by atoms with van der Waals surface area (Å²) in [5, 5.41) is 10.7. The monoisotopic (exact) mass is 349 g/mol. The molecule has 1 aromatic carbocycles. The Labute approximate surface area is 130 Å². The van der Waals surface area contributed by atoms with Crippen LogP contribution in [0.25, 0.3) is 5.69 Å². The van der Waals surface area contributed by atoms with E-state index in [4.69, 9.17) is 5.73 Å². The highest BCUT2D eigenvalue weighted by Crippen LogP contribution is 2.35. The summed E-state index contributed by atoms with van der Waals surface area (Å²) < 4.78 is 2.47. The zero-order valence-electron chi connectivity index (χ0n) is 11.3. The first-order chi connectivity index (χ1) is 10.2. The smallest absolute Gasteiger partial charge is 0.317 e. The van der Waals surface area contributed by atoms with Gasteiger partial charge in [0.1, 0.15) is 0 Å². The molecule has 0 spiro atoms. The molecule has 0 bridgehead atoms. The van der Waals surface area contributed by atoms with Crippen molar-refractivity contribution in [1.29, 1.82) is 0 Å². The molecule has 110 valence electrons. The molecule has 0 saturated carbocycles. The van der Waals surface area contributed by atoms with Crippen molar-refractivity contribution in [3.8, 4) is 5.69 Å². The van der Waals surface area contributed by atoms with Gasteiger partial charge in [0.15, 0.2) is 5.82 Å². The van der Waals surface area contributed by atoms with E-state index in [2.05, 4.69) is 31.7 Å². The van der Waals surface area contributed by atoms with Gasteiger partial charge >= 0.3 is 6.03 Å². The molecule has 1 aromatic heterocycles. The number of carbonyl (C=O) groups is 1. The number of carbonyl (C=O) groups excluding carboxylic acids is 1. The van der Waals surface area contributed by atoms with Gasteiger partial charge in [-0.05, 0) is 47.4 Å². The molecule has 3 rings (SSSR count). The van der Waals surface area contributed by atoms with Crippen LogP contribution in [0, 0.1) is 0 Å². The molecule has 2 aromatic rings. The molecule has 7 heteroatoms. The molecular formula is C14H16BrN5O. The number of para-hydroxylation sites is 1. The highest BCUT2D eigenvalue weighted by Gasteiger charge is 2.26. The Balaban J connectivity index is 2.08. The van der Waals surface area contributed by atoms with Gasteiger partial charge in [-0.2, -0.15) is 5.10 Å². The summed E-state index contributed by atoms with van der Waals surface area (Å²) in [7, 11) is 0. The van der Waals surface area contributed by atoms with Crippen LogP contribution >= 0.6 is 15.9 Å². The Bertz CT molecular complexity index is 649. The number of hydrogen-bond acceptors (Lipinski definition) is 3. The number of hydrogen-bond donors (Lipinski definition) is 3. The summed E-state index contributed by atoms with van der Waals surface area (Å²) in [5.41, 5.74) is 7.03. The highest BCUT2D eigenvalue weighted by molar-refractivity contribution is 9.10. The lowest BCUT2D eigenvalue weighted by atomic mass is 10.2. The average molecular weight is 350 g/mol.